The summed E-state index contributed by atoms with van der Waals surface area (Å²) in [5.74, 6) is 1.11. The Morgan fingerprint density at radius 2 is 2.17 bits per heavy atom. The van der Waals surface area contributed by atoms with Crippen molar-refractivity contribution in [3.8, 4) is 0 Å². The molecule has 0 N–H and O–H groups in total. The number of hydrogen-bond acceptors (Lipinski definition) is 5. The van der Waals surface area contributed by atoms with Crippen LogP contribution < -0.4 is 0 Å². The molecule has 0 fully saturated rings. The summed E-state index contributed by atoms with van der Waals surface area (Å²) in [6.45, 7) is 1.02. The molecule has 0 atom stereocenters. The Morgan fingerprint density at radius 1 is 1.22 bits per heavy atom. The van der Waals surface area contributed by atoms with Gasteiger partial charge in [-0.15, -0.1) is 10.2 Å². The lowest BCUT2D eigenvalue weighted by Crippen LogP contribution is -2.02. The average molecular weight is 373 g/mol. The highest BCUT2D eigenvalue weighted by Crippen LogP contribution is 2.29. The number of rotatable bonds is 2. The summed E-state index contributed by atoms with van der Waals surface area (Å²) < 4.78 is 3.28. The third-order valence-electron chi connectivity index (χ3n) is 2.90. The Bertz CT molecular complexity index is 556. The molecule has 7 heteroatoms. The van der Waals surface area contributed by atoms with Gasteiger partial charge in [0.25, 0.3) is 0 Å². The van der Waals surface area contributed by atoms with Crippen molar-refractivity contribution in [1.29, 1.82) is 0 Å². The van der Waals surface area contributed by atoms with Crippen LogP contribution in [0.4, 0.5) is 0 Å². The van der Waals surface area contributed by atoms with E-state index in [2.05, 4.69) is 47.3 Å². The van der Waals surface area contributed by atoms with E-state index in [1.807, 2.05) is 6.20 Å². The molecule has 18 heavy (non-hydrogen) atoms. The third kappa shape index (κ3) is 2.51. The number of aromatic nitrogens is 5. The van der Waals surface area contributed by atoms with Crippen LogP contribution in [0.3, 0.4) is 0 Å². The van der Waals surface area contributed by atoms with E-state index in [-0.39, 0.29) is 0 Å². The van der Waals surface area contributed by atoms with Crippen molar-refractivity contribution in [2.24, 2.45) is 0 Å². The van der Waals surface area contributed by atoms with E-state index in [0.717, 1.165) is 32.5 Å². The van der Waals surface area contributed by atoms with E-state index in [1.54, 1.807) is 18.1 Å². The van der Waals surface area contributed by atoms with Crippen LogP contribution in [0.25, 0.3) is 0 Å². The van der Waals surface area contributed by atoms with Crippen LogP contribution >= 0.6 is 34.4 Å². The molecule has 94 valence electrons. The first kappa shape index (κ1) is 12.3. The molecule has 0 aromatic carbocycles. The molecule has 3 heterocycles. The van der Waals surface area contributed by atoms with E-state index in [1.165, 1.54) is 19.3 Å². The van der Waals surface area contributed by atoms with Gasteiger partial charge in [-0.25, -0.2) is 9.97 Å². The molecule has 5 nitrogen and oxygen atoms in total. The van der Waals surface area contributed by atoms with Crippen molar-refractivity contribution in [2.75, 3.05) is 0 Å². The molecule has 1 aliphatic heterocycles. The maximum atomic E-state index is 4.29. The predicted molar refractivity (Wildman–Crippen MR) is 76.4 cm³/mol. The van der Waals surface area contributed by atoms with Gasteiger partial charge >= 0.3 is 0 Å². The minimum absolute atomic E-state index is 0.948. The predicted octanol–water partition coefficient (Wildman–Crippen LogP) is 2.55. The lowest BCUT2D eigenvalue weighted by molar-refractivity contribution is 0.590. The Hall–Kier alpha value is -0.700. The molecular formula is C11H12IN5S. The molecule has 0 saturated carbocycles. The fourth-order valence-corrected chi connectivity index (χ4v) is 3.44. The monoisotopic (exact) mass is 373 g/mol. The number of hydrogen-bond donors (Lipinski definition) is 0. The van der Waals surface area contributed by atoms with Gasteiger partial charge in [-0.3, -0.25) is 0 Å². The first-order valence-electron chi connectivity index (χ1n) is 5.90. The zero-order chi connectivity index (χ0) is 12.4. The Morgan fingerprint density at radius 3 is 3.06 bits per heavy atom. The molecule has 0 spiro atoms. The van der Waals surface area contributed by atoms with Gasteiger partial charge in [0, 0.05) is 19.2 Å². The topological polar surface area (TPSA) is 56.5 Å². The summed E-state index contributed by atoms with van der Waals surface area (Å²) in [5, 5.41) is 10.5. The highest BCUT2D eigenvalue weighted by Gasteiger charge is 2.16. The maximum Gasteiger partial charge on any atom is 0.197 e. The lowest BCUT2D eigenvalue weighted by atomic mass is 10.2. The van der Waals surface area contributed by atoms with Gasteiger partial charge in [-0.05, 0) is 47.2 Å². The Kier molecular flexibility index (Phi) is 3.78. The molecule has 0 unspecified atom stereocenters. The van der Waals surface area contributed by atoms with Gasteiger partial charge in [-0.2, -0.15) is 0 Å². The van der Waals surface area contributed by atoms with E-state index < -0.39 is 0 Å². The van der Waals surface area contributed by atoms with Crippen molar-refractivity contribution >= 4 is 34.4 Å². The highest BCUT2D eigenvalue weighted by atomic mass is 127. The van der Waals surface area contributed by atoms with E-state index in [0.29, 0.717) is 0 Å². The molecule has 0 radical (unpaired) electrons. The SMILES string of the molecule is Ic1cncnc1Sc1nnc2n1CCCCC2. The molecule has 2 aromatic rings. The van der Waals surface area contributed by atoms with Gasteiger partial charge in [0.05, 0.1) is 3.57 Å². The van der Waals surface area contributed by atoms with Crippen molar-refractivity contribution in [3.63, 3.8) is 0 Å². The van der Waals surface area contributed by atoms with Gasteiger partial charge in [0.1, 0.15) is 17.2 Å². The standard InChI is InChI=1S/C11H12IN5S/c12-8-6-13-7-14-10(8)18-11-16-15-9-4-2-1-3-5-17(9)11/h6-7H,1-5H2. The summed E-state index contributed by atoms with van der Waals surface area (Å²) >= 11 is 3.82. The summed E-state index contributed by atoms with van der Waals surface area (Å²) in [4.78, 5) is 8.29. The highest BCUT2D eigenvalue weighted by molar-refractivity contribution is 14.1. The van der Waals surface area contributed by atoms with Crippen molar-refractivity contribution in [2.45, 2.75) is 42.4 Å². The van der Waals surface area contributed by atoms with Crippen molar-refractivity contribution in [1.82, 2.24) is 24.7 Å². The molecule has 0 saturated heterocycles. The van der Waals surface area contributed by atoms with Gasteiger partial charge < -0.3 is 4.57 Å². The summed E-state index contributed by atoms with van der Waals surface area (Å²) in [5.41, 5.74) is 0. The van der Waals surface area contributed by atoms with Crippen molar-refractivity contribution in [3.05, 3.63) is 21.9 Å². The Balaban J connectivity index is 1.89. The fraction of sp³-hybridized carbons (Fsp3) is 0.455. The average Bonchev–Trinajstić information content (AvgIpc) is 2.62. The minimum Gasteiger partial charge on any atom is -0.306 e. The van der Waals surface area contributed by atoms with Gasteiger partial charge in [0.15, 0.2) is 5.16 Å². The zero-order valence-corrected chi connectivity index (χ0v) is 12.7. The zero-order valence-electron chi connectivity index (χ0n) is 9.71. The molecule has 0 bridgehead atoms. The van der Waals surface area contributed by atoms with E-state index >= 15 is 0 Å². The third-order valence-corrected chi connectivity index (χ3v) is 5.06. The van der Waals surface area contributed by atoms with Crippen LogP contribution in [0.1, 0.15) is 25.1 Å². The number of halogens is 1. The normalized spacial score (nSPS) is 15.2. The van der Waals surface area contributed by atoms with E-state index in [4.69, 9.17) is 0 Å². The van der Waals surface area contributed by atoms with Gasteiger partial charge in [-0.1, -0.05) is 6.42 Å². The van der Waals surface area contributed by atoms with Crippen LogP contribution in [0.2, 0.25) is 0 Å². The van der Waals surface area contributed by atoms with Crippen LogP contribution in [0, 0.1) is 3.57 Å². The van der Waals surface area contributed by atoms with Crippen LogP contribution in [-0.2, 0) is 13.0 Å². The lowest BCUT2D eigenvalue weighted by Gasteiger charge is -2.06. The number of nitrogens with zero attached hydrogens (tertiary/aromatic N) is 5. The quantitative estimate of drug-likeness (QED) is 0.598. The maximum absolute atomic E-state index is 4.29. The molecule has 0 amide bonds. The second-order valence-corrected chi connectivity index (χ2v) is 6.26. The van der Waals surface area contributed by atoms with Crippen LogP contribution in [-0.4, -0.2) is 24.7 Å². The molecule has 3 rings (SSSR count). The fourth-order valence-electron chi connectivity index (χ4n) is 2.00. The second kappa shape index (κ2) is 5.52. The second-order valence-electron chi connectivity index (χ2n) is 4.14. The Labute approximate surface area is 123 Å². The van der Waals surface area contributed by atoms with E-state index in [9.17, 15) is 0 Å². The van der Waals surface area contributed by atoms with Crippen LogP contribution in [0.15, 0.2) is 22.7 Å². The van der Waals surface area contributed by atoms with Gasteiger partial charge in [0.2, 0.25) is 0 Å². The molecular weight excluding hydrogens is 361 g/mol. The molecule has 1 aliphatic rings. The van der Waals surface area contributed by atoms with Crippen LogP contribution in [0.5, 0.6) is 0 Å². The van der Waals surface area contributed by atoms with Crippen molar-refractivity contribution < 1.29 is 0 Å². The first-order chi connectivity index (χ1) is 8.84. The smallest absolute Gasteiger partial charge is 0.197 e. The summed E-state index contributed by atoms with van der Waals surface area (Å²) in [7, 11) is 0. The first-order valence-corrected chi connectivity index (χ1v) is 7.79. The molecule has 0 aliphatic carbocycles. The largest absolute Gasteiger partial charge is 0.306 e. The summed E-state index contributed by atoms with van der Waals surface area (Å²) in [6.07, 6.45) is 8.13. The minimum atomic E-state index is 0.948. The number of aryl methyl sites for hydroxylation is 1. The summed E-state index contributed by atoms with van der Waals surface area (Å²) in [6, 6.07) is 0. The number of fused-ring (bicyclic) bond motifs is 1. The molecule has 2 aromatic heterocycles.